The van der Waals surface area contributed by atoms with Crippen LogP contribution in [-0.2, 0) is 11.2 Å². The number of carbonyl (C=O) groups is 1. The molecule has 0 saturated carbocycles. The number of carbonyl (C=O) groups excluding carboxylic acids is 1. The summed E-state index contributed by atoms with van der Waals surface area (Å²) in [5, 5.41) is 3.53. The number of para-hydroxylation sites is 1. The van der Waals surface area contributed by atoms with Gasteiger partial charge in [-0.25, -0.2) is 4.79 Å². The van der Waals surface area contributed by atoms with Gasteiger partial charge in [0.05, 0.1) is 13.5 Å². The Bertz CT molecular complexity index is 897. The standard InChI is InChI=1S/C18H15NO4/c1-22-15-8-6-14(7-9-15)19-17(20)11-13-10-12-4-2-3-5-16(12)23-18(13)21/h2-10H,11H2,1H3,(H,19,20). The van der Waals surface area contributed by atoms with E-state index in [2.05, 4.69) is 5.32 Å². The molecule has 0 aliphatic rings. The number of nitrogens with one attached hydrogen (secondary N) is 1. The van der Waals surface area contributed by atoms with Gasteiger partial charge in [-0.05, 0) is 36.4 Å². The lowest BCUT2D eigenvalue weighted by molar-refractivity contribution is -0.115. The maximum atomic E-state index is 12.1. The van der Waals surface area contributed by atoms with Gasteiger partial charge >= 0.3 is 5.63 Å². The highest BCUT2D eigenvalue weighted by atomic mass is 16.5. The SMILES string of the molecule is COc1ccc(NC(=O)Cc2cc3ccccc3oc2=O)cc1. The molecule has 1 heterocycles. The highest BCUT2D eigenvalue weighted by Gasteiger charge is 2.10. The summed E-state index contributed by atoms with van der Waals surface area (Å²) in [5.41, 5.74) is 0.987. The van der Waals surface area contributed by atoms with Crippen molar-refractivity contribution in [2.24, 2.45) is 0 Å². The zero-order valence-corrected chi connectivity index (χ0v) is 12.5. The van der Waals surface area contributed by atoms with Gasteiger partial charge in [-0.1, -0.05) is 18.2 Å². The van der Waals surface area contributed by atoms with Crippen molar-refractivity contribution in [1.29, 1.82) is 0 Å². The van der Waals surface area contributed by atoms with Crippen LogP contribution in [0.15, 0.2) is 63.8 Å². The van der Waals surface area contributed by atoms with Gasteiger partial charge in [-0.2, -0.15) is 0 Å². The first kappa shape index (κ1) is 14.8. The van der Waals surface area contributed by atoms with Crippen molar-refractivity contribution in [2.45, 2.75) is 6.42 Å². The van der Waals surface area contributed by atoms with Crippen molar-refractivity contribution >= 4 is 22.6 Å². The molecule has 0 saturated heterocycles. The molecule has 3 aromatic rings. The molecule has 0 fully saturated rings. The smallest absolute Gasteiger partial charge is 0.339 e. The van der Waals surface area contributed by atoms with Crippen LogP contribution in [-0.4, -0.2) is 13.0 Å². The van der Waals surface area contributed by atoms with Gasteiger partial charge in [-0.15, -0.1) is 0 Å². The predicted octanol–water partition coefficient (Wildman–Crippen LogP) is 2.98. The lowest BCUT2D eigenvalue weighted by atomic mass is 10.1. The van der Waals surface area contributed by atoms with Crippen LogP contribution >= 0.6 is 0 Å². The van der Waals surface area contributed by atoms with E-state index in [9.17, 15) is 9.59 Å². The first-order valence-corrected chi connectivity index (χ1v) is 7.11. The monoisotopic (exact) mass is 309 g/mol. The van der Waals surface area contributed by atoms with Crippen LogP contribution in [0.4, 0.5) is 5.69 Å². The summed E-state index contributed by atoms with van der Waals surface area (Å²) in [7, 11) is 1.58. The van der Waals surface area contributed by atoms with Gasteiger partial charge in [0.1, 0.15) is 11.3 Å². The minimum Gasteiger partial charge on any atom is -0.497 e. The minimum absolute atomic E-state index is 0.0425. The number of fused-ring (bicyclic) bond motifs is 1. The molecule has 1 amide bonds. The van der Waals surface area contributed by atoms with Crippen LogP contribution in [0.5, 0.6) is 5.75 Å². The summed E-state index contributed by atoms with van der Waals surface area (Å²) >= 11 is 0. The van der Waals surface area contributed by atoms with E-state index in [4.69, 9.17) is 9.15 Å². The third-order valence-corrected chi connectivity index (χ3v) is 3.44. The van der Waals surface area contributed by atoms with E-state index in [1.165, 1.54) is 0 Å². The molecule has 0 atom stereocenters. The molecular weight excluding hydrogens is 294 g/mol. The van der Waals surface area contributed by atoms with Crippen LogP contribution in [0.1, 0.15) is 5.56 Å². The van der Waals surface area contributed by atoms with Crippen molar-refractivity contribution in [1.82, 2.24) is 0 Å². The Kier molecular flexibility index (Phi) is 4.10. The Morgan fingerprint density at radius 2 is 1.87 bits per heavy atom. The number of amides is 1. The molecule has 0 bridgehead atoms. The fourth-order valence-electron chi connectivity index (χ4n) is 2.28. The molecule has 5 heteroatoms. The summed E-state index contributed by atoms with van der Waals surface area (Å²) in [6.45, 7) is 0. The first-order chi connectivity index (χ1) is 11.2. The van der Waals surface area contributed by atoms with Crippen LogP contribution < -0.4 is 15.7 Å². The van der Waals surface area contributed by atoms with E-state index in [0.29, 0.717) is 22.6 Å². The zero-order valence-electron chi connectivity index (χ0n) is 12.5. The molecule has 3 rings (SSSR count). The molecular formula is C18H15NO4. The van der Waals surface area contributed by atoms with Gasteiger partial charge in [0.25, 0.3) is 0 Å². The number of ether oxygens (including phenoxy) is 1. The van der Waals surface area contributed by atoms with E-state index in [0.717, 1.165) is 5.39 Å². The van der Waals surface area contributed by atoms with Gasteiger partial charge in [0.2, 0.25) is 5.91 Å². The van der Waals surface area contributed by atoms with Gasteiger partial charge in [0.15, 0.2) is 0 Å². The highest BCUT2D eigenvalue weighted by Crippen LogP contribution is 2.16. The van der Waals surface area contributed by atoms with Gasteiger partial charge in [-0.3, -0.25) is 4.79 Å². The molecule has 0 unspecified atom stereocenters. The lowest BCUT2D eigenvalue weighted by Crippen LogP contribution is -2.19. The van der Waals surface area contributed by atoms with Crippen molar-refractivity contribution in [2.75, 3.05) is 12.4 Å². The summed E-state index contributed by atoms with van der Waals surface area (Å²) in [4.78, 5) is 24.0. The zero-order chi connectivity index (χ0) is 16.2. The second-order valence-corrected chi connectivity index (χ2v) is 5.05. The molecule has 1 aromatic heterocycles. The largest absolute Gasteiger partial charge is 0.497 e. The van der Waals surface area contributed by atoms with Crippen LogP contribution in [0.2, 0.25) is 0 Å². The van der Waals surface area contributed by atoms with Crippen molar-refractivity contribution in [3.8, 4) is 5.75 Å². The second-order valence-electron chi connectivity index (χ2n) is 5.05. The first-order valence-electron chi connectivity index (χ1n) is 7.11. The molecule has 0 aliphatic heterocycles. The van der Waals surface area contributed by atoms with Crippen LogP contribution in [0.3, 0.4) is 0 Å². The molecule has 2 aromatic carbocycles. The summed E-state index contributed by atoms with van der Waals surface area (Å²) in [5.74, 6) is 0.427. The Morgan fingerprint density at radius 1 is 1.13 bits per heavy atom. The Morgan fingerprint density at radius 3 is 2.61 bits per heavy atom. The molecule has 0 radical (unpaired) electrons. The maximum absolute atomic E-state index is 12.1. The normalized spacial score (nSPS) is 10.5. The molecule has 0 spiro atoms. The molecule has 0 aliphatic carbocycles. The van der Waals surface area contributed by atoms with Crippen LogP contribution in [0, 0.1) is 0 Å². The lowest BCUT2D eigenvalue weighted by Gasteiger charge is -2.06. The molecule has 116 valence electrons. The molecule has 5 nitrogen and oxygen atoms in total. The minimum atomic E-state index is -0.492. The summed E-state index contributed by atoms with van der Waals surface area (Å²) < 4.78 is 10.3. The van der Waals surface area contributed by atoms with E-state index >= 15 is 0 Å². The van der Waals surface area contributed by atoms with Gasteiger partial charge in [0, 0.05) is 16.6 Å². The fourth-order valence-corrected chi connectivity index (χ4v) is 2.28. The average molecular weight is 309 g/mol. The Balaban J connectivity index is 1.76. The summed E-state index contributed by atoms with van der Waals surface area (Å²) in [6, 6.07) is 15.9. The van der Waals surface area contributed by atoms with Crippen molar-refractivity contribution in [3.05, 3.63) is 70.6 Å². The third-order valence-electron chi connectivity index (χ3n) is 3.44. The number of hydrogen-bond donors (Lipinski definition) is 1. The highest BCUT2D eigenvalue weighted by molar-refractivity contribution is 5.92. The van der Waals surface area contributed by atoms with Crippen molar-refractivity contribution in [3.63, 3.8) is 0 Å². The number of rotatable bonds is 4. The topological polar surface area (TPSA) is 68.5 Å². The van der Waals surface area contributed by atoms with E-state index in [1.807, 2.05) is 12.1 Å². The van der Waals surface area contributed by atoms with Crippen LogP contribution in [0.25, 0.3) is 11.0 Å². The van der Waals surface area contributed by atoms with E-state index in [-0.39, 0.29) is 12.3 Å². The molecule has 23 heavy (non-hydrogen) atoms. The van der Waals surface area contributed by atoms with E-state index < -0.39 is 5.63 Å². The average Bonchev–Trinajstić information content (AvgIpc) is 2.56. The quantitative estimate of drug-likeness (QED) is 0.752. The fraction of sp³-hybridized carbons (Fsp3) is 0.111. The third kappa shape index (κ3) is 3.40. The van der Waals surface area contributed by atoms with E-state index in [1.54, 1.807) is 49.6 Å². The number of benzene rings is 2. The summed E-state index contributed by atoms with van der Waals surface area (Å²) in [6.07, 6.45) is -0.0425. The van der Waals surface area contributed by atoms with Crippen molar-refractivity contribution < 1.29 is 13.9 Å². The second kappa shape index (κ2) is 6.36. The number of hydrogen-bond acceptors (Lipinski definition) is 4. The van der Waals surface area contributed by atoms with Gasteiger partial charge < -0.3 is 14.5 Å². The Hall–Kier alpha value is -3.08. The number of anilines is 1. The Labute approximate surface area is 132 Å². The maximum Gasteiger partial charge on any atom is 0.339 e. The predicted molar refractivity (Wildman–Crippen MR) is 87.8 cm³/mol. The number of methoxy groups -OCH3 is 1. The molecule has 1 N–H and O–H groups in total.